The Labute approximate surface area is 238 Å². The number of nitrogen functional groups attached to an aromatic ring is 1. The topological polar surface area (TPSA) is 165 Å². The van der Waals surface area contributed by atoms with Gasteiger partial charge in [-0.15, -0.1) is 0 Å². The van der Waals surface area contributed by atoms with Crippen LogP contribution in [0.5, 0.6) is 11.5 Å². The number of rotatable bonds is 5. The predicted molar refractivity (Wildman–Crippen MR) is 154 cm³/mol. The maximum atomic E-state index is 12.2. The molecule has 4 heterocycles. The van der Waals surface area contributed by atoms with E-state index in [4.69, 9.17) is 15.6 Å². The number of nitrogens with one attached hydrogen (secondary N) is 2. The lowest BCUT2D eigenvalue weighted by Gasteiger charge is -2.32. The van der Waals surface area contributed by atoms with Crippen LogP contribution in [0.3, 0.4) is 0 Å². The Morgan fingerprint density at radius 1 is 1.10 bits per heavy atom. The van der Waals surface area contributed by atoms with E-state index < -0.39 is 17.1 Å². The Balaban J connectivity index is 0.000000336. The van der Waals surface area contributed by atoms with Crippen LogP contribution in [0.4, 0.5) is 10.2 Å². The minimum Gasteiger partial charge on any atom is -0.457 e. The lowest BCUT2D eigenvalue weighted by molar-refractivity contribution is -0.127. The number of carbonyl (C=O) groups is 1. The summed E-state index contributed by atoms with van der Waals surface area (Å²) in [5.41, 5.74) is 6.81. The molecule has 13 heteroatoms. The highest BCUT2D eigenvalue weighted by atomic mass is 19.1. The molecule has 6 rings (SSSR count). The molecular formula is C29H27FN8O4. The molecule has 5 aromatic rings. The van der Waals surface area contributed by atoms with Crippen molar-refractivity contribution in [2.75, 3.05) is 18.8 Å². The van der Waals surface area contributed by atoms with E-state index in [1.165, 1.54) is 12.4 Å². The summed E-state index contributed by atoms with van der Waals surface area (Å²) in [5, 5.41) is 5.62. The standard InChI is InChI=1S/C25H24N6O2.C4H3FN2O2/c1-2-21(32)30-14-6-7-18(15-30)31-25-22(24(26)27-16-28-25)23(29-31)17-10-12-20(13-11-17)33-19-8-4-3-5-9-19;5-2-1-6-4(9)7-3(2)8/h2-5,8-13,16,18H,1,6-7,14-15H2,(H2,26,27,28);1H,(H2,6,7,8,9)/t18-;/m1./s1. The molecule has 1 saturated heterocycles. The van der Waals surface area contributed by atoms with Crippen molar-refractivity contribution in [2.24, 2.45) is 0 Å². The number of piperidine rings is 1. The number of nitrogens with zero attached hydrogens (tertiary/aromatic N) is 5. The number of ether oxygens (including phenoxy) is 1. The van der Waals surface area contributed by atoms with Gasteiger partial charge >= 0.3 is 5.69 Å². The van der Waals surface area contributed by atoms with Crippen LogP contribution in [0.1, 0.15) is 18.9 Å². The van der Waals surface area contributed by atoms with Crippen molar-refractivity contribution in [3.8, 4) is 22.8 Å². The highest BCUT2D eigenvalue weighted by Gasteiger charge is 2.28. The van der Waals surface area contributed by atoms with Crippen molar-refractivity contribution >= 4 is 22.8 Å². The Bertz CT molecular complexity index is 1830. The minimum atomic E-state index is -1.00. The summed E-state index contributed by atoms with van der Waals surface area (Å²) in [7, 11) is 0. The Morgan fingerprint density at radius 2 is 1.83 bits per heavy atom. The third kappa shape index (κ3) is 6.09. The van der Waals surface area contributed by atoms with Crippen molar-refractivity contribution in [1.29, 1.82) is 0 Å². The van der Waals surface area contributed by atoms with Gasteiger partial charge in [-0.05, 0) is 55.3 Å². The molecule has 1 amide bonds. The number of hydrogen-bond donors (Lipinski definition) is 3. The van der Waals surface area contributed by atoms with Crippen molar-refractivity contribution in [1.82, 2.24) is 34.6 Å². The fourth-order valence-electron chi connectivity index (χ4n) is 4.63. The van der Waals surface area contributed by atoms with Crippen LogP contribution in [0.2, 0.25) is 0 Å². The van der Waals surface area contributed by atoms with Gasteiger partial charge in [-0.25, -0.2) is 19.4 Å². The van der Waals surface area contributed by atoms with Gasteiger partial charge in [0.25, 0.3) is 5.56 Å². The number of amides is 1. The molecule has 0 unspecified atom stereocenters. The van der Waals surface area contributed by atoms with Crippen LogP contribution in [-0.4, -0.2) is 53.6 Å². The zero-order chi connectivity index (χ0) is 29.6. The summed E-state index contributed by atoms with van der Waals surface area (Å²) >= 11 is 0. The fraction of sp³-hybridized carbons (Fsp3) is 0.172. The smallest absolute Gasteiger partial charge is 0.325 e. The molecule has 0 spiro atoms. The Morgan fingerprint density at radius 3 is 2.52 bits per heavy atom. The second-order valence-electron chi connectivity index (χ2n) is 9.39. The predicted octanol–water partition coefficient (Wildman–Crippen LogP) is 3.42. The van der Waals surface area contributed by atoms with Crippen LogP contribution < -0.4 is 21.7 Å². The average Bonchev–Trinajstić information content (AvgIpc) is 3.41. The first-order valence-corrected chi connectivity index (χ1v) is 13.0. The first-order chi connectivity index (χ1) is 20.3. The number of nitrogens with two attached hydrogens (primary N) is 1. The van der Waals surface area contributed by atoms with Crippen molar-refractivity contribution in [3.63, 3.8) is 0 Å². The van der Waals surface area contributed by atoms with Crippen LogP contribution >= 0.6 is 0 Å². The second-order valence-corrected chi connectivity index (χ2v) is 9.39. The molecule has 1 aliphatic rings. The van der Waals surface area contributed by atoms with E-state index >= 15 is 0 Å². The quantitative estimate of drug-likeness (QED) is 0.271. The minimum absolute atomic E-state index is 0.00566. The molecule has 1 atom stereocenters. The summed E-state index contributed by atoms with van der Waals surface area (Å²) in [6.45, 7) is 4.88. The molecule has 1 aliphatic heterocycles. The molecule has 0 aliphatic carbocycles. The van der Waals surface area contributed by atoms with E-state index in [0.29, 0.717) is 41.8 Å². The SMILES string of the molecule is C=CC(=O)N1CCC[C@@H](n2nc(-c3ccc(Oc4ccccc4)cc3)c3c(N)ncnc32)C1.O=c1[nH]cc(F)c(=O)[nH]1. The van der Waals surface area contributed by atoms with Gasteiger partial charge in [0, 0.05) is 24.8 Å². The van der Waals surface area contributed by atoms with Crippen molar-refractivity contribution in [3.05, 3.63) is 106 Å². The first-order valence-electron chi connectivity index (χ1n) is 13.0. The highest BCUT2D eigenvalue weighted by molar-refractivity contribution is 5.98. The van der Waals surface area contributed by atoms with E-state index in [1.807, 2.05) is 64.3 Å². The van der Waals surface area contributed by atoms with Gasteiger partial charge < -0.3 is 20.4 Å². The van der Waals surface area contributed by atoms with E-state index in [-0.39, 0.29) is 11.9 Å². The molecule has 12 nitrogen and oxygen atoms in total. The van der Waals surface area contributed by atoms with Gasteiger partial charge in [0.1, 0.15) is 29.3 Å². The molecule has 42 heavy (non-hydrogen) atoms. The summed E-state index contributed by atoms with van der Waals surface area (Å²) < 4.78 is 19.8. The van der Waals surface area contributed by atoms with E-state index in [2.05, 4.69) is 16.5 Å². The number of para-hydroxylation sites is 1. The molecule has 0 saturated carbocycles. The zero-order valence-corrected chi connectivity index (χ0v) is 22.4. The number of aromatic nitrogens is 6. The van der Waals surface area contributed by atoms with Crippen LogP contribution in [0.25, 0.3) is 22.3 Å². The van der Waals surface area contributed by atoms with E-state index in [1.54, 1.807) is 9.88 Å². The van der Waals surface area contributed by atoms with E-state index in [0.717, 1.165) is 29.9 Å². The summed E-state index contributed by atoms with van der Waals surface area (Å²) in [6, 6.07) is 17.3. The molecule has 3 aromatic heterocycles. The number of aromatic amines is 2. The maximum Gasteiger partial charge on any atom is 0.325 e. The molecule has 4 N–H and O–H groups in total. The van der Waals surface area contributed by atoms with Gasteiger partial charge in [-0.1, -0.05) is 24.8 Å². The number of H-pyrrole nitrogens is 2. The number of anilines is 1. The van der Waals surface area contributed by atoms with Crippen LogP contribution in [0.15, 0.2) is 89.4 Å². The lowest BCUT2D eigenvalue weighted by Crippen LogP contribution is -2.40. The molecule has 2 aromatic carbocycles. The van der Waals surface area contributed by atoms with Crippen LogP contribution in [0, 0.1) is 5.82 Å². The largest absolute Gasteiger partial charge is 0.457 e. The average molecular weight is 571 g/mol. The summed E-state index contributed by atoms with van der Waals surface area (Å²) in [4.78, 5) is 46.7. The van der Waals surface area contributed by atoms with E-state index in [9.17, 15) is 18.8 Å². The molecular weight excluding hydrogens is 543 g/mol. The molecule has 214 valence electrons. The monoisotopic (exact) mass is 570 g/mol. The van der Waals surface area contributed by atoms with Gasteiger partial charge in [-0.2, -0.15) is 9.49 Å². The van der Waals surface area contributed by atoms with Crippen molar-refractivity contribution in [2.45, 2.75) is 18.9 Å². The third-order valence-electron chi connectivity index (χ3n) is 6.63. The molecule has 0 radical (unpaired) electrons. The van der Waals surface area contributed by atoms with Gasteiger partial charge in [-0.3, -0.25) is 14.6 Å². The lowest BCUT2D eigenvalue weighted by atomic mass is 10.1. The second kappa shape index (κ2) is 12.3. The highest BCUT2D eigenvalue weighted by Crippen LogP contribution is 2.34. The molecule has 0 bridgehead atoms. The first kappa shape index (κ1) is 28.0. The Kier molecular flexibility index (Phi) is 8.18. The fourth-order valence-corrected chi connectivity index (χ4v) is 4.63. The summed E-state index contributed by atoms with van der Waals surface area (Å²) in [6.07, 6.45) is 5.29. The third-order valence-corrected chi connectivity index (χ3v) is 6.63. The van der Waals surface area contributed by atoms with Crippen molar-refractivity contribution < 1.29 is 13.9 Å². The number of benzene rings is 2. The molecule has 1 fully saturated rings. The number of halogens is 1. The van der Waals surface area contributed by atoms with Gasteiger partial charge in [0.2, 0.25) is 11.7 Å². The summed E-state index contributed by atoms with van der Waals surface area (Å²) in [5.74, 6) is 0.812. The normalized spacial score (nSPS) is 14.6. The Hall–Kier alpha value is -5.59. The maximum absolute atomic E-state index is 12.2. The zero-order valence-electron chi connectivity index (χ0n) is 22.4. The van der Waals surface area contributed by atoms with Crippen LogP contribution in [-0.2, 0) is 4.79 Å². The number of carbonyl (C=O) groups excluding carboxylic acids is 1. The number of hydrogen-bond acceptors (Lipinski definition) is 8. The van der Waals surface area contributed by atoms with Gasteiger partial charge in [0.05, 0.1) is 11.4 Å². The van der Waals surface area contributed by atoms with Gasteiger partial charge in [0.15, 0.2) is 5.65 Å². The number of likely N-dealkylation sites (tertiary alicyclic amines) is 1. The number of fused-ring (bicyclic) bond motifs is 1.